The molecule has 1 atom stereocenters. The molecule has 1 unspecified atom stereocenters. The molecule has 0 fully saturated rings. The Morgan fingerprint density at radius 3 is 2.76 bits per heavy atom. The summed E-state index contributed by atoms with van der Waals surface area (Å²) in [4.78, 5) is 2.56. The summed E-state index contributed by atoms with van der Waals surface area (Å²) < 4.78 is 0. The Kier molecular flexibility index (Phi) is 3.93. The van der Waals surface area contributed by atoms with Crippen molar-refractivity contribution in [2.45, 2.75) is 39.7 Å². The summed E-state index contributed by atoms with van der Waals surface area (Å²) in [7, 11) is 0. The fourth-order valence-electron chi connectivity index (χ4n) is 2.73. The van der Waals surface area contributed by atoms with Gasteiger partial charge in [0.1, 0.15) is 0 Å². The van der Waals surface area contributed by atoms with Crippen LogP contribution in [0, 0.1) is 5.92 Å². The first-order valence-electron chi connectivity index (χ1n) is 6.78. The van der Waals surface area contributed by atoms with Gasteiger partial charge in [0.15, 0.2) is 0 Å². The summed E-state index contributed by atoms with van der Waals surface area (Å²) in [6.45, 7) is 9.21. The molecule has 1 aromatic rings. The largest absolute Gasteiger partial charge is 0.383 e. The van der Waals surface area contributed by atoms with Gasteiger partial charge < -0.3 is 10.2 Å². The van der Waals surface area contributed by atoms with Gasteiger partial charge in [-0.15, -0.1) is 0 Å². The predicted molar refractivity (Wildman–Crippen MR) is 75.8 cm³/mol. The summed E-state index contributed by atoms with van der Waals surface area (Å²) in [5, 5.41) is 3.52. The van der Waals surface area contributed by atoms with Gasteiger partial charge in [0, 0.05) is 19.1 Å². The van der Waals surface area contributed by atoms with Crippen LogP contribution in [0.4, 0.5) is 11.4 Å². The summed E-state index contributed by atoms with van der Waals surface area (Å²) in [6, 6.07) is 9.31. The van der Waals surface area contributed by atoms with Gasteiger partial charge in [0.2, 0.25) is 0 Å². The van der Waals surface area contributed by atoms with Crippen molar-refractivity contribution in [3.63, 3.8) is 0 Å². The molecule has 0 radical (unpaired) electrons. The minimum Gasteiger partial charge on any atom is -0.383 e. The molecule has 0 aliphatic carbocycles. The first kappa shape index (κ1) is 12.3. The highest BCUT2D eigenvalue weighted by molar-refractivity contribution is 5.71. The fourth-order valence-corrected chi connectivity index (χ4v) is 2.73. The lowest BCUT2D eigenvalue weighted by atomic mass is 10.0. The molecule has 0 saturated carbocycles. The van der Waals surface area contributed by atoms with Crippen LogP contribution < -0.4 is 10.2 Å². The summed E-state index contributed by atoms with van der Waals surface area (Å²) in [6.07, 6.45) is 2.48. The molecule has 17 heavy (non-hydrogen) atoms. The number of hydrogen-bond acceptors (Lipinski definition) is 2. The quantitative estimate of drug-likeness (QED) is 0.854. The zero-order chi connectivity index (χ0) is 12.3. The molecule has 94 valence electrons. The van der Waals surface area contributed by atoms with Crippen LogP contribution in [0.1, 0.15) is 33.6 Å². The molecule has 1 aromatic carbocycles. The van der Waals surface area contributed by atoms with E-state index in [0.29, 0.717) is 6.04 Å². The molecule has 0 aromatic heterocycles. The third-order valence-corrected chi connectivity index (χ3v) is 3.45. The van der Waals surface area contributed by atoms with Gasteiger partial charge in [0.25, 0.3) is 0 Å². The van der Waals surface area contributed by atoms with Crippen LogP contribution in [-0.4, -0.2) is 19.1 Å². The molecule has 0 amide bonds. The van der Waals surface area contributed by atoms with Gasteiger partial charge in [-0.05, 0) is 37.8 Å². The molecule has 0 bridgehead atoms. The number of fused-ring (bicyclic) bond motifs is 1. The Balaban J connectivity index is 2.22. The number of hydrogen-bond donors (Lipinski definition) is 1. The van der Waals surface area contributed by atoms with E-state index in [2.05, 4.69) is 55.3 Å². The third kappa shape index (κ3) is 2.93. The topological polar surface area (TPSA) is 15.3 Å². The first-order valence-corrected chi connectivity index (χ1v) is 6.78. The summed E-state index contributed by atoms with van der Waals surface area (Å²) in [5.41, 5.74) is 2.67. The maximum Gasteiger partial charge on any atom is 0.0604 e. The van der Waals surface area contributed by atoms with Crippen molar-refractivity contribution in [3.8, 4) is 0 Å². The number of rotatable bonds is 3. The lowest BCUT2D eigenvalue weighted by molar-refractivity contribution is 0.488. The van der Waals surface area contributed by atoms with Crippen LogP contribution in [0.25, 0.3) is 0 Å². The molecular weight excluding hydrogens is 208 g/mol. The Hall–Kier alpha value is -1.18. The predicted octanol–water partition coefficient (Wildman–Crippen LogP) is 3.74. The van der Waals surface area contributed by atoms with Crippen molar-refractivity contribution in [3.05, 3.63) is 24.3 Å². The van der Waals surface area contributed by atoms with Gasteiger partial charge in [0.05, 0.1) is 11.4 Å². The van der Waals surface area contributed by atoms with E-state index < -0.39 is 0 Å². The van der Waals surface area contributed by atoms with E-state index in [9.17, 15) is 0 Å². The molecule has 2 rings (SSSR count). The molecule has 1 aliphatic rings. The van der Waals surface area contributed by atoms with Crippen molar-refractivity contribution >= 4 is 11.4 Å². The minimum atomic E-state index is 0.621. The second kappa shape index (κ2) is 5.44. The van der Waals surface area contributed by atoms with Crippen LogP contribution in [0.2, 0.25) is 0 Å². The molecule has 1 heterocycles. The fraction of sp³-hybridized carbons (Fsp3) is 0.600. The van der Waals surface area contributed by atoms with Crippen LogP contribution >= 0.6 is 0 Å². The van der Waals surface area contributed by atoms with Gasteiger partial charge in [-0.25, -0.2) is 0 Å². The molecule has 0 saturated heterocycles. The number of nitrogens with zero attached hydrogens (tertiary/aromatic N) is 1. The highest BCUT2D eigenvalue weighted by Gasteiger charge is 2.19. The van der Waals surface area contributed by atoms with Crippen LogP contribution in [0.15, 0.2) is 24.3 Å². The third-order valence-electron chi connectivity index (χ3n) is 3.45. The summed E-state index contributed by atoms with van der Waals surface area (Å²) in [5.74, 6) is 0.758. The van der Waals surface area contributed by atoms with Gasteiger partial charge >= 0.3 is 0 Å². The maximum absolute atomic E-state index is 3.52. The highest BCUT2D eigenvalue weighted by Crippen LogP contribution is 2.30. The Morgan fingerprint density at radius 1 is 1.24 bits per heavy atom. The van der Waals surface area contributed by atoms with E-state index in [1.165, 1.54) is 24.2 Å². The zero-order valence-electron chi connectivity index (χ0n) is 11.2. The van der Waals surface area contributed by atoms with Crippen LogP contribution in [0.5, 0.6) is 0 Å². The standard InChI is InChI=1S/C15H24N2/c1-12(2)11-13(3)17-10-6-9-16-14-7-4-5-8-15(14)17/h4-5,7-8,12-13,16H,6,9-11H2,1-3H3. The average Bonchev–Trinajstić information content (AvgIpc) is 2.50. The van der Waals surface area contributed by atoms with Crippen molar-refractivity contribution in [1.29, 1.82) is 0 Å². The zero-order valence-corrected chi connectivity index (χ0v) is 11.2. The SMILES string of the molecule is CC(C)CC(C)N1CCCNc2ccccc21. The van der Waals surface area contributed by atoms with Crippen molar-refractivity contribution in [2.75, 3.05) is 23.3 Å². The van der Waals surface area contributed by atoms with E-state index in [4.69, 9.17) is 0 Å². The van der Waals surface area contributed by atoms with E-state index in [-0.39, 0.29) is 0 Å². The Morgan fingerprint density at radius 2 is 2.00 bits per heavy atom. The smallest absolute Gasteiger partial charge is 0.0604 e. The molecule has 1 N–H and O–H groups in total. The highest BCUT2D eigenvalue weighted by atomic mass is 15.2. The molecule has 0 spiro atoms. The lowest BCUT2D eigenvalue weighted by Crippen LogP contribution is -2.34. The minimum absolute atomic E-state index is 0.621. The molecule has 2 nitrogen and oxygen atoms in total. The van der Waals surface area contributed by atoms with E-state index in [1.54, 1.807) is 0 Å². The van der Waals surface area contributed by atoms with Gasteiger partial charge in [-0.2, -0.15) is 0 Å². The second-order valence-electron chi connectivity index (χ2n) is 5.47. The van der Waals surface area contributed by atoms with E-state index >= 15 is 0 Å². The lowest BCUT2D eigenvalue weighted by Gasteiger charge is -2.32. The maximum atomic E-state index is 3.52. The average molecular weight is 232 g/mol. The summed E-state index contributed by atoms with van der Waals surface area (Å²) >= 11 is 0. The molecule has 2 heteroatoms. The number of anilines is 2. The Labute approximate surface area is 105 Å². The number of para-hydroxylation sites is 2. The van der Waals surface area contributed by atoms with Gasteiger partial charge in [-0.1, -0.05) is 26.0 Å². The normalized spacial score (nSPS) is 17.3. The number of benzene rings is 1. The Bertz CT molecular complexity index is 360. The van der Waals surface area contributed by atoms with Crippen molar-refractivity contribution in [2.24, 2.45) is 5.92 Å². The van der Waals surface area contributed by atoms with E-state index in [0.717, 1.165) is 19.0 Å². The van der Waals surface area contributed by atoms with E-state index in [1.807, 2.05) is 0 Å². The first-order chi connectivity index (χ1) is 8.18. The van der Waals surface area contributed by atoms with Gasteiger partial charge in [-0.3, -0.25) is 0 Å². The van der Waals surface area contributed by atoms with Crippen LogP contribution in [0.3, 0.4) is 0 Å². The molecular formula is C15H24N2. The monoisotopic (exact) mass is 232 g/mol. The van der Waals surface area contributed by atoms with Crippen LogP contribution in [-0.2, 0) is 0 Å². The van der Waals surface area contributed by atoms with Crippen molar-refractivity contribution < 1.29 is 0 Å². The second-order valence-corrected chi connectivity index (χ2v) is 5.47. The molecule has 1 aliphatic heterocycles. The number of nitrogens with one attached hydrogen (secondary N) is 1. The van der Waals surface area contributed by atoms with Crippen molar-refractivity contribution in [1.82, 2.24) is 0 Å².